The van der Waals surface area contributed by atoms with Gasteiger partial charge in [-0.15, -0.1) is 0 Å². The summed E-state index contributed by atoms with van der Waals surface area (Å²) < 4.78 is 5.93. The summed E-state index contributed by atoms with van der Waals surface area (Å²) in [6.45, 7) is 4.38. The molecule has 0 aliphatic carbocycles. The van der Waals surface area contributed by atoms with Crippen LogP contribution in [0.2, 0.25) is 0 Å². The maximum Gasteiger partial charge on any atom is 0.198 e. The van der Waals surface area contributed by atoms with Crippen LogP contribution in [0.4, 0.5) is 0 Å². The van der Waals surface area contributed by atoms with Crippen LogP contribution in [0.5, 0.6) is 0 Å². The van der Waals surface area contributed by atoms with E-state index in [1.807, 2.05) is 0 Å². The van der Waals surface area contributed by atoms with Crippen LogP contribution in [0.3, 0.4) is 0 Å². The summed E-state index contributed by atoms with van der Waals surface area (Å²) in [5, 5.41) is 3.38. The Morgan fingerprint density at radius 1 is 1.32 bits per heavy atom. The first-order chi connectivity index (χ1) is 9.36. The zero-order valence-electron chi connectivity index (χ0n) is 11.6. The van der Waals surface area contributed by atoms with Gasteiger partial charge in [0.2, 0.25) is 0 Å². The van der Waals surface area contributed by atoms with Crippen molar-refractivity contribution in [1.29, 1.82) is 0 Å². The van der Waals surface area contributed by atoms with Crippen molar-refractivity contribution in [1.82, 2.24) is 10.3 Å². The van der Waals surface area contributed by atoms with Gasteiger partial charge < -0.3 is 9.73 Å². The van der Waals surface area contributed by atoms with Crippen LogP contribution in [0.1, 0.15) is 50.0 Å². The van der Waals surface area contributed by atoms with Crippen molar-refractivity contribution in [3.05, 3.63) is 29.7 Å². The molecular formula is C16H22N2O. The van der Waals surface area contributed by atoms with Crippen LogP contribution in [-0.2, 0) is 6.42 Å². The van der Waals surface area contributed by atoms with E-state index < -0.39 is 0 Å². The summed E-state index contributed by atoms with van der Waals surface area (Å²) >= 11 is 0. The average Bonchev–Trinajstić information content (AvgIpc) is 2.89. The molecule has 2 aromatic rings. The predicted molar refractivity (Wildman–Crippen MR) is 77.5 cm³/mol. The molecule has 0 amide bonds. The van der Waals surface area contributed by atoms with E-state index in [0.717, 1.165) is 49.3 Å². The Hall–Kier alpha value is -1.35. The smallest absolute Gasteiger partial charge is 0.198 e. The SMILES string of the molecule is CCCCc1ccc2oc(C3CCNCC3)nc2c1. The second kappa shape index (κ2) is 5.74. The van der Waals surface area contributed by atoms with Crippen LogP contribution in [0.15, 0.2) is 22.6 Å². The van der Waals surface area contributed by atoms with Gasteiger partial charge in [0.15, 0.2) is 11.5 Å². The highest BCUT2D eigenvalue weighted by molar-refractivity contribution is 5.73. The van der Waals surface area contributed by atoms with E-state index in [4.69, 9.17) is 9.40 Å². The van der Waals surface area contributed by atoms with Gasteiger partial charge in [-0.1, -0.05) is 19.4 Å². The third-order valence-corrected chi connectivity index (χ3v) is 3.98. The Labute approximate surface area is 114 Å². The molecule has 3 heteroatoms. The molecule has 0 atom stereocenters. The summed E-state index contributed by atoms with van der Waals surface area (Å²) in [5.41, 5.74) is 3.34. The van der Waals surface area contributed by atoms with Crippen molar-refractivity contribution in [2.45, 2.75) is 44.9 Å². The number of rotatable bonds is 4. The maximum atomic E-state index is 5.93. The van der Waals surface area contributed by atoms with Gasteiger partial charge in [-0.2, -0.15) is 0 Å². The number of nitrogens with zero attached hydrogens (tertiary/aromatic N) is 1. The number of benzene rings is 1. The van der Waals surface area contributed by atoms with Crippen molar-refractivity contribution < 1.29 is 4.42 Å². The number of hydrogen-bond acceptors (Lipinski definition) is 3. The lowest BCUT2D eigenvalue weighted by Gasteiger charge is -2.19. The lowest BCUT2D eigenvalue weighted by atomic mass is 9.98. The van der Waals surface area contributed by atoms with Crippen LogP contribution >= 0.6 is 0 Å². The van der Waals surface area contributed by atoms with E-state index in [1.54, 1.807) is 0 Å². The highest BCUT2D eigenvalue weighted by atomic mass is 16.3. The standard InChI is InChI=1S/C16H22N2O/c1-2-3-4-12-5-6-15-14(11-12)18-16(19-15)13-7-9-17-10-8-13/h5-6,11,13,17H,2-4,7-10H2,1H3. The molecule has 2 heterocycles. The van der Waals surface area contributed by atoms with Crippen molar-refractivity contribution >= 4 is 11.1 Å². The van der Waals surface area contributed by atoms with E-state index in [-0.39, 0.29) is 0 Å². The van der Waals surface area contributed by atoms with Gasteiger partial charge in [-0.3, -0.25) is 0 Å². The van der Waals surface area contributed by atoms with Gasteiger partial charge in [-0.05, 0) is 56.5 Å². The van der Waals surface area contributed by atoms with Crippen LogP contribution < -0.4 is 5.32 Å². The number of hydrogen-bond donors (Lipinski definition) is 1. The second-order valence-electron chi connectivity index (χ2n) is 5.48. The van der Waals surface area contributed by atoms with Crippen LogP contribution in [-0.4, -0.2) is 18.1 Å². The molecule has 0 radical (unpaired) electrons. The molecule has 3 rings (SSSR count). The molecule has 1 aromatic carbocycles. The highest BCUT2D eigenvalue weighted by Gasteiger charge is 2.20. The molecule has 1 fully saturated rings. The number of oxazole rings is 1. The minimum atomic E-state index is 0.493. The minimum Gasteiger partial charge on any atom is -0.440 e. The number of aryl methyl sites for hydroxylation is 1. The predicted octanol–water partition coefficient (Wildman–Crippen LogP) is 3.64. The van der Waals surface area contributed by atoms with E-state index in [9.17, 15) is 0 Å². The summed E-state index contributed by atoms with van der Waals surface area (Å²) in [5.74, 6) is 1.43. The number of aromatic nitrogens is 1. The first kappa shape index (κ1) is 12.7. The molecule has 0 unspecified atom stereocenters. The molecule has 102 valence electrons. The number of piperidine rings is 1. The lowest BCUT2D eigenvalue weighted by Crippen LogP contribution is -2.26. The van der Waals surface area contributed by atoms with Gasteiger partial charge in [0, 0.05) is 5.92 Å². The Kier molecular flexibility index (Phi) is 3.83. The first-order valence-corrected chi connectivity index (χ1v) is 7.47. The Balaban J connectivity index is 1.83. The van der Waals surface area contributed by atoms with Crippen LogP contribution in [0, 0.1) is 0 Å². The minimum absolute atomic E-state index is 0.493. The highest BCUT2D eigenvalue weighted by Crippen LogP contribution is 2.28. The number of fused-ring (bicyclic) bond motifs is 1. The zero-order valence-corrected chi connectivity index (χ0v) is 11.6. The molecular weight excluding hydrogens is 236 g/mol. The molecule has 19 heavy (non-hydrogen) atoms. The molecule has 1 saturated heterocycles. The monoisotopic (exact) mass is 258 g/mol. The fourth-order valence-corrected chi connectivity index (χ4v) is 2.77. The van der Waals surface area contributed by atoms with Gasteiger partial charge in [-0.25, -0.2) is 4.98 Å². The van der Waals surface area contributed by atoms with Gasteiger partial charge in [0.1, 0.15) is 5.52 Å². The maximum absolute atomic E-state index is 5.93. The largest absolute Gasteiger partial charge is 0.440 e. The van der Waals surface area contributed by atoms with Crippen molar-refractivity contribution in [3.63, 3.8) is 0 Å². The molecule has 3 nitrogen and oxygen atoms in total. The van der Waals surface area contributed by atoms with Gasteiger partial charge >= 0.3 is 0 Å². The van der Waals surface area contributed by atoms with E-state index in [1.165, 1.54) is 18.4 Å². The summed E-state index contributed by atoms with van der Waals surface area (Å²) in [7, 11) is 0. The quantitative estimate of drug-likeness (QED) is 0.910. The molecule has 1 aromatic heterocycles. The molecule has 1 N–H and O–H groups in total. The Bertz CT molecular complexity index is 541. The molecule has 0 bridgehead atoms. The fraction of sp³-hybridized carbons (Fsp3) is 0.562. The molecule has 0 saturated carbocycles. The topological polar surface area (TPSA) is 38.1 Å². The van der Waals surface area contributed by atoms with E-state index >= 15 is 0 Å². The molecule has 1 aliphatic heterocycles. The first-order valence-electron chi connectivity index (χ1n) is 7.47. The molecule has 1 aliphatic rings. The lowest BCUT2D eigenvalue weighted by molar-refractivity contribution is 0.385. The average molecular weight is 258 g/mol. The van der Waals surface area contributed by atoms with Crippen molar-refractivity contribution in [3.8, 4) is 0 Å². The number of nitrogens with one attached hydrogen (secondary N) is 1. The Morgan fingerprint density at radius 2 is 2.16 bits per heavy atom. The molecule has 0 spiro atoms. The number of unbranched alkanes of at least 4 members (excludes halogenated alkanes) is 1. The van der Waals surface area contributed by atoms with E-state index in [0.29, 0.717) is 5.92 Å². The zero-order chi connectivity index (χ0) is 13.1. The normalized spacial score (nSPS) is 17.1. The van der Waals surface area contributed by atoms with Crippen LogP contribution in [0.25, 0.3) is 11.1 Å². The summed E-state index contributed by atoms with van der Waals surface area (Å²) in [6.07, 6.45) is 5.88. The van der Waals surface area contributed by atoms with Crippen molar-refractivity contribution in [2.24, 2.45) is 0 Å². The summed E-state index contributed by atoms with van der Waals surface area (Å²) in [6, 6.07) is 6.45. The van der Waals surface area contributed by atoms with Crippen molar-refractivity contribution in [2.75, 3.05) is 13.1 Å². The second-order valence-corrected chi connectivity index (χ2v) is 5.48. The van der Waals surface area contributed by atoms with Gasteiger partial charge in [0.25, 0.3) is 0 Å². The summed E-state index contributed by atoms with van der Waals surface area (Å²) in [4.78, 5) is 4.71. The Morgan fingerprint density at radius 3 is 2.95 bits per heavy atom. The third-order valence-electron chi connectivity index (χ3n) is 3.98. The van der Waals surface area contributed by atoms with E-state index in [2.05, 4.69) is 30.4 Å². The fourth-order valence-electron chi connectivity index (χ4n) is 2.77. The third kappa shape index (κ3) is 2.81. The van der Waals surface area contributed by atoms with Gasteiger partial charge in [0.05, 0.1) is 0 Å².